The van der Waals surface area contributed by atoms with E-state index in [1.165, 1.54) is 0 Å². The van der Waals surface area contributed by atoms with Crippen molar-refractivity contribution in [2.75, 3.05) is 13.1 Å². The van der Waals surface area contributed by atoms with E-state index >= 15 is 0 Å². The number of aromatic amines is 1. The number of H-pyrrole nitrogens is 1. The minimum absolute atomic E-state index is 0.0280. The van der Waals surface area contributed by atoms with Crippen molar-refractivity contribution in [1.29, 1.82) is 0 Å². The fraction of sp³-hybridized carbons (Fsp3) is 0.500. The molecule has 0 aliphatic carbocycles. The number of aryl methyl sites for hydroxylation is 1. The lowest BCUT2D eigenvalue weighted by Crippen LogP contribution is -2.36. The van der Waals surface area contributed by atoms with Crippen LogP contribution in [0.1, 0.15) is 36.3 Å². The molecule has 2 aromatic heterocycles. The monoisotopic (exact) mass is 343 g/mol. The third kappa shape index (κ3) is 3.31. The van der Waals surface area contributed by atoms with E-state index in [-0.39, 0.29) is 30.2 Å². The second-order valence-electron chi connectivity index (χ2n) is 6.48. The average molecular weight is 343 g/mol. The number of aromatic nitrogens is 3. The summed E-state index contributed by atoms with van der Waals surface area (Å²) in [7, 11) is 1.87. The van der Waals surface area contributed by atoms with Gasteiger partial charge in [0.25, 0.3) is 0 Å². The third-order valence-electron chi connectivity index (χ3n) is 5.06. The molecule has 7 heteroatoms. The van der Waals surface area contributed by atoms with E-state index in [9.17, 15) is 9.59 Å². The van der Waals surface area contributed by atoms with Crippen LogP contribution >= 0.6 is 0 Å². The van der Waals surface area contributed by atoms with E-state index in [0.717, 1.165) is 23.4 Å². The van der Waals surface area contributed by atoms with E-state index < -0.39 is 0 Å². The van der Waals surface area contributed by atoms with Gasteiger partial charge in [0.1, 0.15) is 0 Å². The van der Waals surface area contributed by atoms with Crippen LogP contribution in [0.15, 0.2) is 24.5 Å². The van der Waals surface area contributed by atoms with Crippen LogP contribution in [0.4, 0.5) is 0 Å². The van der Waals surface area contributed by atoms with Crippen molar-refractivity contribution in [2.24, 2.45) is 13.0 Å². The topological polar surface area (TPSA) is 83.0 Å². The fourth-order valence-electron chi connectivity index (χ4n) is 3.56. The van der Waals surface area contributed by atoms with Gasteiger partial charge in [0.2, 0.25) is 11.8 Å². The van der Waals surface area contributed by atoms with Gasteiger partial charge >= 0.3 is 0 Å². The van der Waals surface area contributed by atoms with Crippen molar-refractivity contribution >= 4 is 11.8 Å². The molecule has 2 N–H and O–H groups in total. The van der Waals surface area contributed by atoms with Crippen LogP contribution in [0.25, 0.3) is 0 Å². The van der Waals surface area contributed by atoms with Crippen LogP contribution < -0.4 is 5.32 Å². The first kappa shape index (κ1) is 17.3. The number of hydrogen-bond acceptors (Lipinski definition) is 3. The van der Waals surface area contributed by atoms with Gasteiger partial charge in [-0.25, -0.2) is 0 Å². The highest BCUT2D eigenvalue weighted by Crippen LogP contribution is 2.39. The first-order chi connectivity index (χ1) is 12.0. The van der Waals surface area contributed by atoms with Crippen molar-refractivity contribution < 1.29 is 9.59 Å². The maximum absolute atomic E-state index is 12.8. The fourth-order valence-corrected chi connectivity index (χ4v) is 3.56. The summed E-state index contributed by atoms with van der Waals surface area (Å²) in [5, 5.41) is 7.28. The normalized spacial score (nSPS) is 20.3. The zero-order valence-electron chi connectivity index (χ0n) is 15.0. The number of rotatable bonds is 6. The summed E-state index contributed by atoms with van der Waals surface area (Å²) in [6.07, 6.45) is 4.64. The number of likely N-dealkylation sites (tertiary alicyclic amines) is 1. The number of carbonyl (C=O) groups excluding carboxylic acids is 2. The van der Waals surface area contributed by atoms with Crippen molar-refractivity contribution in [3.05, 3.63) is 41.5 Å². The van der Waals surface area contributed by atoms with Crippen LogP contribution in [0.5, 0.6) is 0 Å². The SMILES string of the molecule is CCN1C(=O)C[C@H](C(=O)NCCc2ccc[nH]2)[C@H]1c1cnn(C)c1C. The predicted octanol–water partition coefficient (Wildman–Crippen LogP) is 1.33. The zero-order valence-corrected chi connectivity index (χ0v) is 15.0. The van der Waals surface area contributed by atoms with Gasteiger partial charge in [-0.2, -0.15) is 5.10 Å². The standard InChI is InChI=1S/C18H25N5O2/c1-4-23-16(24)10-14(17(23)15-11-21-22(3)12(15)2)18(25)20-9-7-13-6-5-8-19-13/h5-6,8,11,14,17,19H,4,7,9-10H2,1-3H3,(H,20,25)/t14-,17-/m0/s1. The molecule has 0 spiro atoms. The molecule has 0 bridgehead atoms. The Hall–Kier alpha value is -2.57. The molecule has 25 heavy (non-hydrogen) atoms. The average Bonchev–Trinajstić information content (AvgIpc) is 3.29. The lowest BCUT2D eigenvalue weighted by molar-refractivity contribution is -0.129. The molecule has 7 nitrogen and oxygen atoms in total. The molecule has 1 aliphatic rings. The molecule has 1 saturated heterocycles. The summed E-state index contributed by atoms with van der Waals surface area (Å²) in [6.45, 7) is 5.06. The van der Waals surface area contributed by atoms with Gasteiger partial charge in [-0.05, 0) is 26.0 Å². The predicted molar refractivity (Wildman–Crippen MR) is 93.7 cm³/mol. The quantitative estimate of drug-likeness (QED) is 0.830. The molecule has 0 aromatic carbocycles. The third-order valence-corrected chi connectivity index (χ3v) is 5.06. The Morgan fingerprint density at radius 1 is 1.48 bits per heavy atom. The van der Waals surface area contributed by atoms with Crippen LogP contribution in [-0.4, -0.2) is 44.6 Å². The Morgan fingerprint density at radius 2 is 2.28 bits per heavy atom. The summed E-state index contributed by atoms with van der Waals surface area (Å²) in [5.41, 5.74) is 3.03. The van der Waals surface area contributed by atoms with Crippen molar-refractivity contribution in [2.45, 2.75) is 32.7 Å². The smallest absolute Gasteiger partial charge is 0.226 e. The van der Waals surface area contributed by atoms with Gasteiger partial charge in [-0.1, -0.05) is 0 Å². The number of nitrogens with one attached hydrogen (secondary N) is 2. The Balaban J connectivity index is 1.74. The molecular formula is C18H25N5O2. The molecule has 3 heterocycles. The van der Waals surface area contributed by atoms with Crippen molar-refractivity contribution in [3.63, 3.8) is 0 Å². The number of amides is 2. The summed E-state index contributed by atoms with van der Waals surface area (Å²) in [5.74, 6) is -0.414. The lowest BCUT2D eigenvalue weighted by Gasteiger charge is -2.26. The van der Waals surface area contributed by atoms with Gasteiger partial charge in [0, 0.05) is 56.1 Å². The molecule has 2 aromatic rings. The molecule has 3 rings (SSSR count). The zero-order chi connectivity index (χ0) is 18.0. The maximum atomic E-state index is 12.8. The largest absolute Gasteiger partial charge is 0.365 e. The van der Waals surface area contributed by atoms with Crippen LogP contribution in [0.3, 0.4) is 0 Å². The molecule has 0 saturated carbocycles. The second-order valence-corrected chi connectivity index (χ2v) is 6.48. The highest BCUT2D eigenvalue weighted by Gasteiger charge is 2.44. The molecule has 0 radical (unpaired) electrons. The lowest BCUT2D eigenvalue weighted by atomic mass is 9.93. The van der Waals surface area contributed by atoms with E-state index in [0.29, 0.717) is 13.1 Å². The summed E-state index contributed by atoms with van der Waals surface area (Å²) < 4.78 is 1.78. The van der Waals surface area contributed by atoms with E-state index in [1.807, 2.05) is 39.2 Å². The van der Waals surface area contributed by atoms with Crippen molar-refractivity contribution in [1.82, 2.24) is 25.0 Å². The molecular weight excluding hydrogens is 318 g/mol. The summed E-state index contributed by atoms with van der Waals surface area (Å²) in [4.78, 5) is 30.1. The maximum Gasteiger partial charge on any atom is 0.226 e. The van der Waals surface area contributed by atoms with Gasteiger partial charge in [0.15, 0.2) is 0 Å². The van der Waals surface area contributed by atoms with Crippen LogP contribution in [-0.2, 0) is 23.1 Å². The Kier molecular flexibility index (Phi) is 4.92. The van der Waals surface area contributed by atoms with Crippen LogP contribution in [0, 0.1) is 12.8 Å². The Morgan fingerprint density at radius 3 is 2.88 bits per heavy atom. The Labute approximate surface area is 147 Å². The summed E-state index contributed by atoms with van der Waals surface area (Å²) >= 11 is 0. The molecule has 2 atom stereocenters. The Bertz CT molecular complexity index is 750. The van der Waals surface area contributed by atoms with Gasteiger partial charge in [0.05, 0.1) is 18.2 Å². The van der Waals surface area contributed by atoms with Crippen LogP contribution in [0.2, 0.25) is 0 Å². The molecule has 134 valence electrons. The van der Waals surface area contributed by atoms with Gasteiger partial charge < -0.3 is 15.2 Å². The summed E-state index contributed by atoms with van der Waals surface area (Å²) in [6, 6.07) is 3.69. The molecule has 0 unspecified atom stereocenters. The van der Waals surface area contributed by atoms with Gasteiger partial charge in [-0.3, -0.25) is 14.3 Å². The highest BCUT2D eigenvalue weighted by atomic mass is 16.2. The van der Waals surface area contributed by atoms with Crippen molar-refractivity contribution in [3.8, 4) is 0 Å². The highest BCUT2D eigenvalue weighted by molar-refractivity contribution is 5.90. The number of carbonyl (C=O) groups is 2. The van der Waals surface area contributed by atoms with E-state index in [1.54, 1.807) is 15.8 Å². The minimum atomic E-state index is -0.376. The molecule has 2 amide bonds. The second kappa shape index (κ2) is 7.13. The first-order valence-electron chi connectivity index (χ1n) is 8.70. The van der Waals surface area contributed by atoms with E-state index in [4.69, 9.17) is 0 Å². The minimum Gasteiger partial charge on any atom is -0.365 e. The van der Waals surface area contributed by atoms with Gasteiger partial charge in [-0.15, -0.1) is 0 Å². The first-order valence-corrected chi connectivity index (χ1v) is 8.70. The number of nitrogens with zero attached hydrogens (tertiary/aromatic N) is 3. The molecule has 1 aliphatic heterocycles. The van der Waals surface area contributed by atoms with E-state index in [2.05, 4.69) is 15.4 Å². The number of hydrogen-bond donors (Lipinski definition) is 2. The molecule has 1 fully saturated rings.